The van der Waals surface area contributed by atoms with Crippen molar-refractivity contribution >= 4 is 27.9 Å². The van der Waals surface area contributed by atoms with Gasteiger partial charge in [0.05, 0.1) is 20.8 Å². The van der Waals surface area contributed by atoms with Gasteiger partial charge in [0.1, 0.15) is 6.61 Å². The molecule has 0 atom stereocenters. The third kappa shape index (κ3) is 5.40. The molecule has 0 N–H and O–H groups in total. The predicted octanol–water partition coefficient (Wildman–Crippen LogP) is 2.63. The van der Waals surface area contributed by atoms with Gasteiger partial charge in [0.25, 0.3) is 0 Å². The summed E-state index contributed by atoms with van der Waals surface area (Å²) >= 11 is 3.37. The van der Waals surface area contributed by atoms with Crippen LogP contribution in [0.2, 0.25) is 0 Å². The van der Waals surface area contributed by atoms with E-state index < -0.39 is 11.9 Å². The minimum Gasteiger partial charge on any atom is -0.493 e. The topological polar surface area (TPSA) is 71.1 Å². The number of benzene rings is 1. The number of halogens is 1. The van der Waals surface area contributed by atoms with Crippen molar-refractivity contribution in [3.63, 3.8) is 0 Å². The van der Waals surface area contributed by atoms with Crippen molar-refractivity contribution in [2.45, 2.75) is 13.5 Å². The van der Waals surface area contributed by atoms with Crippen LogP contribution in [-0.2, 0) is 25.7 Å². The third-order valence-electron chi connectivity index (χ3n) is 2.56. The van der Waals surface area contributed by atoms with Crippen LogP contribution in [-0.4, -0.2) is 32.8 Å². The highest BCUT2D eigenvalue weighted by atomic mass is 79.9. The quantitative estimate of drug-likeness (QED) is 0.541. The molecule has 6 nitrogen and oxygen atoms in total. The molecule has 0 heterocycles. The zero-order valence-electron chi connectivity index (χ0n) is 12.6. The Labute approximate surface area is 137 Å². The van der Waals surface area contributed by atoms with Crippen molar-refractivity contribution in [2.24, 2.45) is 0 Å². The Hall–Kier alpha value is -2.02. The van der Waals surface area contributed by atoms with Crippen LogP contribution in [0.3, 0.4) is 0 Å². The second kappa shape index (κ2) is 9.09. The largest absolute Gasteiger partial charge is 0.493 e. The Morgan fingerprint density at radius 1 is 1.05 bits per heavy atom. The molecule has 0 unspecified atom stereocenters. The first kappa shape index (κ1) is 18.0. The Kier molecular flexibility index (Phi) is 7.45. The number of carbonyl (C=O) groups is 2. The summed E-state index contributed by atoms with van der Waals surface area (Å²) in [7, 11) is 3.05. The average molecular weight is 373 g/mol. The van der Waals surface area contributed by atoms with Gasteiger partial charge in [-0.2, -0.15) is 0 Å². The lowest BCUT2D eigenvalue weighted by atomic mass is 10.2. The van der Waals surface area contributed by atoms with E-state index in [2.05, 4.69) is 20.7 Å². The van der Waals surface area contributed by atoms with Crippen LogP contribution in [0.5, 0.6) is 11.5 Å². The standard InChI is InChI=1S/C15H17BrO6/c1-4-21-14(17)5-6-15(18)22-9-10-7-12(19-2)13(20-3)8-11(10)16/h5-8H,4,9H2,1-3H3/b6-5+. The van der Waals surface area contributed by atoms with Gasteiger partial charge < -0.3 is 18.9 Å². The molecular weight excluding hydrogens is 356 g/mol. The van der Waals surface area contributed by atoms with E-state index in [1.54, 1.807) is 19.1 Å². The third-order valence-corrected chi connectivity index (χ3v) is 3.30. The molecule has 0 saturated heterocycles. The second-order valence-corrected chi connectivity index (χ2v) is 4.85. The zero-order chi connectivity index (χ0) is 16.5. The molecule has 0 spiro atoms. The van der Waals surface area contributed by atoms with E-state index in [1.807, 2.05) is 0 Å². The van der Waals surface area contributed by atoms with Crippen molar-refractivity contribution < 1.29 is 28.5 Å². The lowest BCUT2D eigenvalue weighted by molar-refractivity contribution is -0.141. The molecule has 0 aromatic heterocycles. The number of esters is 2. The molecule has 0 radical (unpaired) electrons. The average Bonchev–Trinajstić information content (AvgIpc) is 2.51. The summed E-state index contributed by atoms with van der Waals surface area (Å²) < 4.78 is 20.8. The van der Waals surface area contributed by atoms with Gasteiger partial charge in [-0.15, -0.1) is 0 Å². The minimum absolute atomic E-state index is 0.0208. The normalized spacial score (nSPS) is 10.4. The number of carbonyl (C=O) groups excluding carboxylic acids is 2. The zero-order valence-corrected chi connectivity index (χ0v) is 14.1. The lowest BCUT2D eigenvalue weighted by Gasteiger charge is -2.11. The Morgan fingerprint density at radius 2 is 1.59 bits per heavy atom. The highest BCUT2D eigenvalue weighted by Crippen LogP contribution is 2.33. The van der Waals surface area contributed by atoms with Gasteiger partial charge in [-0.3, -0.25) is 0 Å². The van der Waals surface area contributed by atoms with Crippen LogP contribution < -0.4 is 9.47 Å². The van der Waals surface area contributed by atoms with Crippen LogP contribution in [0.4, 0.5) is 0 Å². The summed E-state index contributed by atoms with van der Waals surface area (Å²) in [5, 5.41) is 0. The number of rotatable bonds is 7. The van der Waals surface area contributed by atoms with Gasteiger partial charge in [0.15, 0.2) is 11.5 Å². The first-order valence-electron chi connectivity index (χ1n) is 6.43. The number of hydrogen-bond donors (Lipinski definition) is 0. The van der Waals surface area contributed by atoms with Gasteiger partial charge in [0.2, 0.25) is 0 Å². The smallest absolute Gasteiger partial charge is 0.331 e. The van der Waals surface area contributed by atoms with Gasteiger partial charge in [0, 0.05) is 22.2 Å². The molecule has 0 saturated carbocycles. The monoisotopic (exact) mass is 372 g/mol. The van der Waals surface area contributed by atoms with E-state index in [4.69, 9.17) is 14.2 Å². The highest BCUT2D eigenvalue weighted by Gasteiger charge is 2.11. The Morgan fingerprint density at radius 3 is 2.14 bits per heavy atom. The van der Waals surface area contributed by atoms with Gasteiger partial charge >= 0.3 is 11.9 Å². The summed E-state index contributed by atoms with van der Waals surface area (Å²) in [6.45, 7) is 1.95. The maximum Gasteiger partial charge on any atom is 0.331 e. The first-order chi connectivity index (χ1) is 10.5. The van der Waals surface area contributed by atoms with Crippen molar-refractivity contribution in [3.05, 3.63) is 34.3 Å². The van der Waals surface area contributed by atoms with Crippen molar-refractivity contribution in [1.29, 1.82) is 0 Å². The summed E-state index contributed by atoms with van der Waals surface area (Å²) in [4.78, 5) is 22.6. The molecular formula is C15H17BrO6. The van der Waals surface area contributed by atoms with Crippen molar-refractivity contribution in [1.82, 2.24) is 0 Å². The molecule has 7 heteroatoms. The van der Waals surface area contributed by atoms with E-state index in [9.17, 15) is 9.59 Å². The SMILES string of the molecule is CCOC(=O)/C=C/C(=O)OCc1cc(OC)c(OC)cc1Br. The molecule has 0 amide bonds. The molecule has 1 rings (SSSR count). The summed E-state index contributed by atoms with van der Waals surface area (Å²) in [5.74, 6) is -0.146. The number of hydrogen-bond acceptors (Lipinski definition) is 6. The van der Waals surface area contributed by atoms with E-state index >= 15 is 0 Å². The molecule has 1 aromatic rings. The van der Waals surface area contributed by atoms with E-state index in [0.717, 1.165) is 12.2 Å². The highest BCUT2D eigenvalue weighted by molar-refractivity contribution is 9.10. The van der Waals surface area contributed by atoms with Crippen LogP contribution in [0.25, 0.3) is 0 Å². The predicted molar refractivity (Wildman–Crippen MR) is 82.8 cm³/mol. The molecule has 0 fully saturated rings. The van der Waals surface area contributed by atoms with Gasteiger partial charge in [-0.25, -0.2) is 9.59 Å². The van der Waals surface area contributed by atoms with Crippen LogP contribution in [0.15, 0.2) is 28.8 Å². The van der Waals surface area contributed by atoms with Crippen LogP contribution in [0, 0.1) is 0 Å². The Balaban J connectivity index is 2.68. The van der Waals surface area contributed by atoms with Gasteiger partial charge in [-0.1, -0.05) is 15.9 Å². The Bertz CT molecular complexity index is 567. The summed E-state index contributed by atoms with van der Waals surface area (Å²) in [5.41, 5.74) is 0.704. The molecule has 1 aromatic carbocycles. The van der Waals surface area contributed by atoms with E-state index in [1.165, 1.54) is 14.2 Å². The van der Waals surface area contributed by atoms with Crippen molar-refractivity contribution in [3.8, 4) is 11.5 Å². The van der Waals surface area contributed by atoms with Crippen LogP contribution in [0.1, 0.15) is 12.5 Å². The van der Waals surface area contributed by atoms with Gasteiger partial charge in [-0.05, 0) is 19.1 Å². The summed E-state index contributed by atoms with van der Waals surface area (Å²) in [6, 6.07) is 3.42. The first-order valence-corrected chi connectivity index (χ1v) is 7.23. The molecule has 120 valence electrons. The molecule has 0 aliphatic carbocycles. The number of ether oxygens (including phenoxy) is 4. The number of methoxy groups -OCH3 is 2. The van der Waals surface area contributed by atoms with Crippen molar-refractivity contribution in [2.75, 3.05) is 20.8 Å². The maximum absolute atomic E-state index is 11.5. The minimum atomic E-state index is -0.644. The fourth-order valence-electron chi connectivity index (χ4n) is 1.53. The lowest BCUT2D eigenvalue weighted by Crippen LogP contribution is -2.05. The fourth-order valence-corrected chi connectivity index (χ4v) is 1.97. The molecule has 22 heavy (non-hydrogen) atoms. The molecule has 0 aliphatic rings. The maximum atomic E-state index is 11.5. The van der Waals surface area contributed by atoms with E-state index in [-0.39, 0.29) is 13.2 Å². The fraction of sp³-hybridized carbons (Fsp3) is 0.333. The second-order valence-electron chi connectivity index (χ2n) is 3.99. The van der Waals surface area contributed by atoms with Crippen LogP contribution >= 0.6 is 15.9 Å². The summed E-state index contributed by atoms with van der Waals surface area (Å²) in [6.07, 6.45) is 2.04. The van der Waals surface area contributed by atoms with E-state index in [0.29, 0.717) is 21.5 Å². The molecule has 0 bridgehead atoms. The molecule has 0 aliphatic heterocycles.